The molecule has 0 amide bonds. The molecule has 0 bridgehead atoms. The van der Waals surface area contributed by atoms with E-state index in [4.69, 9.17) is 19.2 Å². The van der Waals surface area contributed by atoms with Crippen LogP contribution >= 0.6 is 0 Å². The van der Waals surface area contributed by atoms with Crippen molar-refractivity contribution in [2.45, 2.75) is 123 Å². The van der Waals surface area contributed by atoms with Gasteiger partial charge in [0.25, 0.3) is 7.48 Å². The molecular weight excluding hydrogens is 567 g/mol. The molecule has 44 heavy (non-hydrogen) atoms. The summed E-state index contributed by atoms with van der Waals surface area (Å²) >= 11 is 0. The average Bonchev–Trinajstić information content (AvgIpc) is 3.45. The normalized spacial score (nSPS) is 18.5. The van der Waals surface area contributed by atoms with Crippen molar-refractivity contribution in [2.75, 3.05) is 44.7 Å². The molecule has 5 N–H and O–H groups in total. The lowest BCUT2D eigenvalue weighted by atomic mass is 9.65. The smallest absolute Gasteiger partial charge is 0.284 e. The highest BCUT2D eigenvalue weighted by Gasteiger charge is 2.40. The molecule has 1 aromatic rings. The summed E-state index contributed by atoms with van der Waals surface area (Å²) in [5.41, 5.74) is 0.701. The molecule has 10 heteroatoms. The summed E-state index contributed by atoms with van der Waals surface area (Å²) in [7, 11) is -1.52. The molecule has 0 radical (unpaired) electrons. The second kappa shape index (κ2) is 16.9. The Bertz CT molecular complexity index is 1010. The molecule has 2 rings (SSSR count). The van der Waals surface area contributed by atoms with Crippen LogP contribution in [-0.4, -0.2) is 83.8 Å². The van der Waals surface area contributed by atoms with Crippen molar-refractivity contribution < 1.29 is 18.9 Å². The minimum Gasteiger partial charge on any atom is -0.543 e. The van der Waals surface area contributed by atoms with E-state index in [2.05, 4.69) is 81.9 Å². The van der Waals surface area contributed by atoms with Gasteiger partial charge in [0.15, 0.2) is 0 Å². The maximum Gasteiger partial charge on any atom is 0.284 e. The van der Waals surface area contributed by atoms with Crippen molar-refractivity contribution in [3.63, 3.8) is 0 Å². The third-order valence-corrected chi connectivity index (χ3v) is 14.5. The van der Waals surface area contributed by atoms with Gasteiger partial charge in [-0.3, -0.25) is 0 Å². The van der Waals surface area contributed by atoms with Crippen LogP contribution in [0.4, 0.5) is 5.69 Å². The first kappa shape index (κ1) is 38.8. The highest BCUT2D eigenvalue weighted by atomic mass is 28.4. The molecule has 252 valence electrons. The number of aliphatic hydroxyl groups is 1. The molecule has 1 saturated heterocycles. The Morgan fingerprint density at radius 1 is 1.14 bits per heavy atom. The molecule has 4 atom stereocenters. The number of hydrogen-bond acceptors (Lipinski definition) is 8. The van der Waals surface area contributed by atoms with E-state index in [1.54, 1.807) is 20.1 Å². The van der Waals surface area contributed by atoms with Crippen molar-refractivity contribution in [2.24, 2.45) is 11.8 Å². The van der Waals surface area contributed by atoms with Crippen LogP contribution in [0.15, 0.2) is 18.2 Å². The summed E-state index contributed by atoms with van der Waals surface area (Å²) in [6.07, 6.45) is 4.46. The Morgan fingerprint density at radius 3 is 2.39 bits per heavy atom. The fraction of sp³-hybridized carbons (Fsp3) is 0.794. The Hall–Kier alpha value is -1.43. The summed E-state index contributed by atoms with van der Waals surface area (Å²) in [6.45, 7) is 28.0. The fourth-order valence-electron chi connectivity index (χ4n) is 5.17. The number of benzene rings is 1. The van der Waals surface area contributed by atoms with Crippen LogP contribution in [0.5, 0.6) is 5.75 Å². The number of ether oxygens (including phenoxy) is 1. The van der Waals surface area contributed by atoms with E-state index in [-0.39, 0.29) is 16.8 Å². The Kier molecular flexibility index (Phi) is 14.9. The predicted molar refractivity (Wildman–Crippen MR) is 191 cm³/mol. The van der Waals surface area contributed by atoms with Crippen molar-refractivity contribution in [1.29, 1.82) is 5.41 Å². The van der Waals surface area contributed by atoms with Crippen LogP contribution in [0, 0.1) is 17.2 Å². The van der Waals surface area contributed by atoms with Gasteiger partial charge in [-0.15, -0.1) is 0 Å². The largest absolute Gasteiger partial charge is 0.543 e. The van der Waals surface area contributed by atoms with E-state index in [9.17, 15) is 5.11 Å². The maximum absolute atomic E-state index is 10.7. The molecule has 0 aromatic heterocycles. The highest BCUT2D eigenvalue weighted by molar-refractivity contribution is 6.74. The van der Waals surface area contributed by atoms with Crippen molar-refractivity contribution >= 4 is 27.7 Å². The van der Waals surface area contributed by atoms with Crippen LogP contribution in [-0.2, 0) is 15.8 Å². The molecule has 1 aliphatic heterocycles. The zero-order valence-electron chi connectivity index (χ0n) is 29.9. The highest BCUT2D eigenvalue weighted by Crippen LogP contribution is 2.38. The van der Waals surface area contributed by atoms with Crippen LogP contribution in [0.3, 0.4) is 0 Å². The summed E-state index contributed by atoms with van der Waals surface area (Å²) < 4.78 is 18.6. The van der Waals surface area contributed by atoms with Crippen molar-refractivity contribution in [1.82, 2.24) is 10.6 Å². The van der Waals surface area contributed by atoms with E-state index in [1.165, 1.54) is 5.56 Å². The van der Waals surface area contributed by atoms with E-state index in [1.807, 2.05) is 13.8 Å². The molecule has 1 fully saturated rings. The number of nitrogens with one attached hydrogen (secondary N) is 4. The summed E-state index contributed by atoms with van der Waals surface area (Å²) in [5.74, 6) is 1.37. The lowest BCUT2D eigenvalue weighted by molar-refractivity contribution is -0.0910. The monoisotopic (exact) mass is 632 g/mol. The lowest BCUT2D eigenvalue weighted by Crippen LogP contribution is -2.49. The fourth-order valence-corrected chi connectivity index (χ4v) is 6.20. The zero-order valence-corrected chi connectivity index (χ0v) is 30.9. The number of hydrogen-bond donors (Lipinski definition) is 5. The van der Waals surface area contributed by atoms with E-state index < -0.39 is 19.5 Å². The van der Waals surface area contributed by atoms with E-state index >= 15 is 0 Å². The van der Waals surface area contributed by atoms with Gasteiger partial charge in [-0.2, -0.15) is 0 Å². The second-order valence-corrected chi connectivity index (χ2v) is 19.9. The van der Waals surface area contributed by atoms with Crippen LogP contribution in [0.1, 0.15) is 80.7 Å². The van der Waals surface area contributed by atoms with Gasteiger partial charge in [-0.05, 0) is 127 Å². The molecule has 0 aliphatic carbocycles. The summed E-state index contributed by atoms with van der Waals surface area (Å²) in [4.78, 5) is 0. The van der Waals surface area contributed by atoms with Gasteiger partial charge < -0.3 is 40.3 Å². The Labute approximate surface area is 271 Å². The van der Waals surface area contributed by atoms with E-state index in [0.29, 0.717) is 19.4 Å². The molecule has 8 nitrogen and oxygen atoms in total. The van der Waals surface area contributed by atoms with Gasteiger partial charge in [-0.25, -0.2) is 0 Å². The topological polar surface area (TPSA) is 108 Å². The quantitative estimate of drug-likeness (QED) is 0.0885. The number of aryl methyl sites for hydroxylation is 1. The third kappa shape index (κ3) is 11.4. The van der Waals surface area contributed by atoms with Crippen molar-refractivity contribution in [3.8, 4) is 5.75 Å². The SMILES string of the molecule is CCNC[C@@H](C(BOC(C)(C)C(C)(C)O)C=N)[C@H](CCNc1ccc(O[Si](C)(C)C(C)(C)C)cc1CC)CN[C@H]1CCOC1. The Morgan fingerprint density at radius 2 is 1.84 bits per heavy atom. The molecule has 0 saturated carbocycles. The molecule has 1 aromatic carbocycles. The van der Waals surface area contributed by atoms with Crippen LogP contribution < -0.4 is 20.4 Å². The van der Waals surface area contributed by atoms with Crippen LogP contribution in [0.25, 0.3) is 0 Å². The van der Waals surface area contributed by atoms with E-state index in [0.717, 1.165) is 70.1 Å². The minimum absolute atomic E-state index is 0.0831. The first-order chi connectivity index (χ1) is 20.5. The number of anilines is 1. The second-order valence-electron chi connectivity index (χ2n) is 15.2. The number of rotatable bonds is 20. The van der Waals surface area contributed by atoms with Gasteiger partial charge in [0.2, 0.25) is 8.32 Å². The predicted octanol–water partition coefficient (Wildman–Crippen LogP) is 6.01. The molecule has 1 aliphatic rings. The Balaban J connectivity index is 2.22. The standard InChI is InChI=1S/C34H65BN4O4Si/c1-12-25-20-28(42-44(10,11)32(3,4)5)14-15-31(25)38-18-16-26(22-39-27-17-19-41-24-27)29(23-37-13-2)30(21-36)35-43-34(8,9)33(6,7)40/h14-15,20-21,26-27,29-30,35-40H,12-13,16-19,22-24H2,1-11H3/t26-,27+,29-,30?/m1/s1. The zero-order chi connectivity index (χ0) is 33.2. The van der Waals surface area contributed by atoms with Gasteiger partial charge in [-0.1, -0.05) is 34.6 Å². The first-order valence-corrected chi connectivity index (χ1v) is 19.8. The molecular formula is C34H65BN4O4Si. The minimum atomic E-state index is -1.91. The molecule has 0 spiro atoms. The lowest BCUT2D eigenvalue weighted by Gasteiger charge is -2.40. The van der Waals surface area contributed by atoms with Gasteiger partial charge in [0, 0.05) is 30.7 Å². The summed E-state index contributed by atoms with van der Waals surface area (Å²) in [6, 6.07) is 6.87. The summed E-state index contributed by atoms with van der Waals surface area (Å²) in [5, 5.41) is 30.3. The first-order valence-electron chi connectivity index (χ1n) is 16.9. The van der Waals surface area contributed by atoms with Crippen LogP contribution in [0.2, 0.25) is 23.9 Å². The average molecular weight is 633 g/mol. The van der Waals surface area contributed by atoms with Crippen molar-refractivity contribution in [3.05, 3.63) is 23.8 Å². The van der Waals surface area contributed by atoms with Gasteiger partial charge >= 0.3 is 0 Å². The maximum atomic E-state index is 10.7. The van der Waals surface area contributed by atoms with Gasteiger partial charge in [0.1, 0.15) is 5.75 Å². The van der Waals surface area contributed by atoms with Gasteiger partial charge in [0.05, 0.1) is 17.8 Å². The molecule has 1 unspecified atom stereocenters. The molecule has 1 heterocycles. The third-order valence-electron chi connectivity index (χ3n) is 10.2.